The summed E-state index contributed by atoms with van der Waals surface area (Å²) in [6, 6.07) is 11.5. The first-order valence-electron chi connectivity index (χ1n) is 8.67. The molecule has 1 fully saturated rings. The number of aliphatic hydroxyl groups is 1. The predicted molar refractivity (Wildman–Crippen MR) is 96.5 cm³/mol. The quantitative estimate of drug-likeness (QED) is 0.464. The molecule has 1 unspecified atom stereocenters. The topological polar surface area (TPSA) is 75.2 Å². The second-order valence-electron chi connectivity index (χ2n) is 6.68. The van der Waals surface area contributed by atoms with Crippen molar-refractivity contribution < 1.29 is 24.0 Å². The van der Waals surface area contributed by atoms with Crippen molar-refractivity contribution in [2.24, 2.45) is 0 Å². The van der Waals surface area contributed by atoms with Crippen LogP contribution < -0.4 is 4.90 Å². The van der Waals surface area contributed by atoms with E-state index in [9.17, 15) is 14.7 Å². The summed E-state index contributed by atoms with van der Waals surface area (Å²) < 4.78 is 5.49. The third-order valence-electron chi connectivity index (χ3n) is 4.48. The number of quaternary nitrogens is 1. The molecule has 26 heavy (non-hydrogen) atoms. The normalized spacial score (nSPS) is 19.5. The molecule has 2 aromatic rings. The maximum absolute atomic E-state index is 12.7. The van der Waals surface area contributed by atoms with Gasteiger partial charge in [-0.1, -0.05) is 30.3 Å². The first-order chi connectivity index (χ1) is 12.5. The number of nitrogens with zero attached hydrogens (tertiary/aromatic N) is 1. The van der Waals surface area contributed by atoms with Gasteiger partial charge in [-0.3, -0.25) is 9.59 Å². The van der Waals surface area contributed by atoms with Crippen molar-refractivity contribution in [1.82, 2.24) is 4.90 Å². The van der Waals surface area contributed by atoms with Crippen LogP contribution in [-0.2, 0) is 9.59 Å². The van der Waals surface area contributed by atoms with Crippen molar-refractivity contribution in [3.05, 3.63) is 65.6 Å². The molecule has 0 bridgehead atoms. The molecular formula is C20H23N2O4+. The number of hydrogen-bond donors (Lipinski definition) is 2. The zero-order chi connectivity index (χ0) is 18.7. The lowest BCUT2D eigenvalue weighted by Gasteiger charge is -2.23. The summed E-state index contributed by atoms with van der Waals surface area (Å²) in [5.41, 5.74) is 0.577. The van der Waals surface area contributed by atoms with E-state index in [0.29, 0.717) is 17.9 Å². The predicted octanol–water partition coefficient (Wildman–Crippen LogP) is 1.24. The molecule has 0 saturated carbocycles. The lowest BCUT2D eigenvalue weighted by molar-refractivity contribution is -0.858. The second-order valence-corrected chi connectivity index (χ2v) is 6.68. The number of rotatable bonds is 6. The maximum Gasteiger partial charge on any atom is 0.295 e. The highest BCUT2D eigenvalue weighted by atomic mass is 16.3. The molecule has 1 aliphatic rings. The minimum Gasteiger partial charge on any atom is -0.507 e. The summed E-state index contributed by atoms with van der Waals surface area (Å²) in [6.07, 6.45) is 2.25. The van der Waals surface area contributed by atoms with E-state index in [-0.39, 0.29) is 11.3 Å². The number of carbonyl (C=O) groups excluding carboxylic acids is 2. The monoisotopic (exact) mass is 355 g/mol. The molecule has 6 heteroatoms. The number of furan rings is 1. The smallest absolute Gasteiger partial charge is 0.295 e. The van der Waals surface area contributed by atoms with Gasteiger partial charge in [-0.2, -0.15) is 0 Å². The van der Waals surface area contributed by atoms with E-state index in [0.717, 1.165) is 13.0 Å². The van der Waals surface area contributed by atoms with Gasteiger partial charge in [-0.15, -0.1) is 0 Å². The van der Waals surface area contributed by atoms with Crippen LogP contribution in [0.1, 0.15) is 23.8 Å². The van der Waals surface area contributed by atoms with Crippen LogP contribution >= 0.6 is 0 Å². The number of ketones is 1. The lowest BCUT2D eigenvalue weighted by Crippen LogP contribution is -3.05. The Hall–Kier alpha value is -2.86. The molecule has 2 N–H and O–H groups in total. The molecule has 0 spiro atoms. The molecule has 1 aliphatic heterocycles. The summed E-state index contributed by atoms with van der Waals surface area (Å²) in [4.78, 5) is 28.1. The minimum atomic E-state index is -0.706. The van der Waals surface area contributed by atoms with Crippen LogP contribution in [0.2, 0.25) is 0 Å². The van der Waals surface area contributed by atoms with Gasteiger partial charge >= 0.3 is 0 Å². The van der Waals surface area contributed by atoms with Crippen molar-refractivity contribution in [3.63, 3.8) is 0 Å². The Kier molecular flexibility index (Phi) is 5.23. The Morgan fingerprint density at radius 3 is 2.50 bits per heavy atom. The second kappa shape index (κ2) is 7.58. The Morgan fingerprint density at radius 1 is 1.15 bits per heavy atom. The Balaban J connectivity index is 2.02. The summed E-state index contributed by atoms with van der Waals surface area (Å²) in [7, 11) is 4.07. The van der Waals surface area contributed by atoms with E-state index in [2.05, 4.69) is 0 Å². The van der Waals surface area contributed by atoms with Gasteiger partial charge in [0.2, 0.25) is 0 Å². The van der Waals surface area contributed by atoms with Crippen LogP contribution in [0, 0.1) is 0 Å². The van der Waals surface area contributed by atoms with Crippen molar-refractivity contribution in [3.8, 4) is 0 Å². The van der Waals surface area contributed by atoms with Crippen molar-refractivity contribution in [2.45, 2.75) is 12.5 Å². The summed E-state index contributed by atoms with van der Waals surface area (Å²) in [5.74, 6) is -0.979. The van der Waals surface area contributed by atoms with E-state index in [1.165, 1.54) is 16.1 Å². The maximum atomic E-state index is 12.7. The minimum absolute atomic E-state index is 0.0772. The van der Waals surface area contributed by atoms with E-state index in [4.69, 9.17) is 4.42 Å². The number of benzene rings is 1. The van der Waals surface area contributed by atoms with E-state index >= 15 is 0 Å². The molecule has 136 valence electrons. The SMILES string of the molecule is C[NH+](C)CCCN1C(=O)C(=O)C(=C(O)c2ccccc2)C1c1ccco1. The first kappa shape index (κ1) is 17.9. The molecule has 6 nitrogen and oxygen atoms in total. The number of hydrogen-bond acceptors (Lipinski definition) is 4. The van der Waals surface area contributed by atoms with Gasteiger partial charge in [-0.25, -0.2) is 0 Å². The summed E-state index contributed by atoms with van der Waals surface area (Å²) in [5, 5.41) is 10.7. The standard InChI is InChI=1S/C20H22N2O4/c1-21(2)11-7-12-22-17(15-10-6-13-26-15)16(19(24)20(22)25)18(23)14-8-4-3-5-9-14/h3-6,8-10,13,17,23H,7,11-12H2,1-2H3/p+1. The molecule has 1 saturated heterocycles. The third kappa shape index (κ3) is 3.41. The van der Waals surface area contributed by atoms with Gasteiger partial charge < -0.3 is 19.3 Å². The summed E-state index contributed by atoms with van der Waals surface area (Å²) in [6.45, 7) is 1.29. The average molecular weight is 355 g/mol. The fourth-order valence-corrected chi connectivity index (χ4v) is 3.21. The van der Waals surface area contributed by atoms with Gasteiger partial charge in [0, 0.05) is 18.5 Å². The molecule has 1 aromatic carbocycles. The fraction of sp³-hybridized carbons (Fsp3) is 0.300. The molecule has 3 rings (SSSR count). The largest absolute Gasteiger partial charge is 0.507 e. The Morgan fingerprint density at radius 2 is 1.88 bits per heavy atom. The molecule has 0 aliphatic carbocycles. The number of carbonyl (C=O) groups is 2. The highest BCUT2D eigenvalue weighted by Gasteiger charge is 2.47. The highest BCUT2D eigenvalue weighted by molar-refractivity contribution is 6.46. The van der Waals surface area contributed by atoms with Gasteiger partial charge in [0.25, 0.3) is 11.7 Å². The molecule has 2 heterocycles. The van der Waals surface area contributed by atoms with Crippen LogP contribution in [0.5, 0.6) is 0 Å². The zero-order valence-electron chi connectivity index (χ0n) is 14.9. The van der Waals surface area contributed by atoms with E-state index in [1.54, 1.807) is 36.4 Å². The number of Topliss-reactive ketones (excluding diaryl/α,β-unsaturated/α-hetero) is 1. The average Bonchev–Trinajstić information content (AvgIpc) is 3.24. The zero-order valence-corrected chi connectivity index (χ0v) is 14.9. The molecule has 0 radical (unpaired) electrons. The fourth-order valence-electron chi connectivity index (χ4n) is 3.21. The highest BCUT2D eigenvalue weighted by Crippen LogP contribution is 2.39. The van der Waals surface area contributed by atoms with Crippen LogP contribution in [-0.4, -0.2) is 48.9 Å². The molecule has 1 amide bonds. The van der Waals surface area contributed by atoms with Crippen molar-refractivity contribution in [2.75, 3.05) is 27.2 Å². The lowest BCUT2D eigenvalue weighted by atomic mass is 9.99. The molecule has 1 aromatic heterocycles. The Bertz CT molecular complexity index is 810. The van der Waals surface area contributed by atoms with E-state index < -0.39 is 17.7 Å². The molecule has 1 atom stereocenters. The van der Waals surface area contributed by atoms with Gasteiger partial charge in [0.1, 0.15) is 17.6 Å². The number of nitrogens with one attached hydrogen (secondary N) is 1. The number of aliphatic hydroxyl groups excluding tert-OH is 1. The van der Waals surface area contributed by atoms with Gasteiger partial charge in [0.15, 0.2) is 0 Å². The molecular weight excluding hydrogens is 332 g/mol. The first-order valence-corrected chi connectivity index (χ1v) is 8.67. The van der Waals surface area contributed by atoms with Crippen LogP contribution in [0.3, 0.4) is 0 Å². The van der Waals surface area contributed by atoms with Crippen molar-refractivity contribution in [1.29, 1.82) is 0 Å². The van der Waals surface area contributed by atoms with Gasteiger partial charge in [-0.05, 0) is 12.1 Å². The van der Waals surface area contributed by atoms with Crippen LogP contribution in [0.15, 0.2) is 58.7 Å². The summed E-state index contributed by atoms with van der Waals surface area (Å²) >= 11 is 0. The van der Waals surface area contributed by atoms with Crippen LogP contribution in [0.4, 0.5) is 0 Å². The van der Waals surface area contributed by atoms with Crippen LogP contribution in [0.25, 0.3) is 5.76 Å². The number of likely N-dealkylation sites (tertiary alicyclic amines) is 1. The van der Waals surface area contributed by atoms with Crippen molar-refractivity contribution >= 4 is 17.4 Å². The van der Waals surface area contributed by atoms with Gasteiger partial charge in [0.05, 0.1) is 32.5 Å². The Labute approximate surface area is 152 Å². The number of amides is 1. The third-order valence-corrected chi connectivity index (χ3v) is 4.48. The van der Waals surface area contributed by atoms with E-state index in [1.807, 2.05) is 20.2 Å².